The number of rotatable bonds is 3. The number of para-hydroxylation sites is 1. The van der Waals surface area contributed by atoms with Gasteiger partial charge in [-0.25, -0.2) is 8.78 Å². The molecule has 1 aliphatic heterocycles. The third-order valence-electron chi connectivity index (χ3n) is 2.86. The Balaban J connectivity index is 1.97. The van der Waals surface area contributed by atoms with Crippen LogP contribution in [0.5, 0.6) is 0 Å². The number of carbonyl (C=O) groups is 1. The van der Waals surface area contributed by atoms with Crippen molar-refractivity contribution in [2.75, 3.05) is 18.4 Å². The number of amides is 1. The minimum atomic E-state index is -0.747. The summed E-state index contributed by atoms with van der Waals surface area (Å²) in [5.74, 6) is -1.58. The van der Waals surface area contributed by atoms with Crippen LogP contribution < -0.4 is 10.6 Å². The molecular formula is C12H14F2N2O. The molecule has 5 heteroatoms. The van der Waals surface area contributed by atoms with Crippen molar-refractivity contribution in [1.82, 2.24) is 5.32 Å². The van der Waals surface area contributed by atoms with Crippen LogP contribution in [0.2, 0.25) is 0 Å². The summed E-state index contributed by atoms with van der Waals surface area (Å²) in [6.07, 6.45) is 1.22. The number of carbonyl (C=O) groups excluding carboxylic acids is 1. The minimum Gasteiger partial charge on any atom is -0.321 e. The Kier molecular flexibility index (Phi) is 3.68. The fourth-order valence-electron chi connectivity index (χ4n) is 1.96. The van der Waals surface area contributed by atoms with E-state index in [0.717, 1.165) is 31.6 Å². The van der Waals surface area contributed by atoms with Gasteiger partial charge in [0.1, 0.15) is 17.3 Å². The van der Waals surface area contributed by atoms with Crippen LogP contribution in [0.15, 0.2) is 18.2 Å². The summed E-state index contributed by atoms with van der Waals surface area (Å²) in [6, 6.07) is 3.51. The molecule has 2 rings (SSSR count). The molecule has 0 bridgehead atoms. The van der Waals surface area contributed by atoms with Crippen LogP contribution in [0, 0.1) is 17.6 Å². The molecule has 0 saturated carbocycles. The van der Waals surface area contributed by atoms with Gasteiger partial charge in [-0.05, 0) is 37.6 Å². The Bertz CT molecular complexity index is 397. The van der Waals surface area contributed by atoms with Crippen molar-refractivity contribution >= 4 is 11.6 Å². The summed E-state index contributed by atoms with van der Waals surface area (Å²) in [7, 11) is 0. The van der Waals surface area contributed by atoms with E-state index in [2.05, 4.69) is 10.6 Å². The molecule has 0 aromatic heterocycles. The predicted molar refractivity (Wildman–Crippen MR) is 60.6 cm³/mol. The molecule has 2 N–H and O–H groups in total. The third-order valence-corrected chi connectivity index (χ3v) is 2.86. The molecule has 1 aromatic rings. The van der Waals surface area contributed by atoms with Crippen molar-refractivity contribution in [3.05, 3.63) is 29.8 Å². The second kappa shape index (κ2) is 5.23. The van der Waals surface area contributed by atoms with Crippen molar-refractivity contribution in [3.63, 3.8) is 0 Å². The Hall–Kier alpha value is -1.49. The van der Waals surface area contributed by atoms with Gasteiger partial charge in [-0.3, -0.25) is 4.79 Å². The van der Waals surface area contributed by atoms with E-state index in [-0.39, 0.29) is 17.5 Å². The van der Waals surface area contributed by atoms with Gasteiger partial charge in [0, 0.05) is 6.42 Å². The first-order chi connectivity index (χ1) is 8.16. The van der Waals surface area contributed by atoms with Gasteiger partial charge in [-0.1, -0.05) is 6.07 Å². The van der Waals surface area contributed by atoms with E-state index in [1.807, 2.05) is 0 Å². The number of hydrogen-bond donors (Lipinski definition) is 2. The SMILES string of the molecule is O=C(CC1CCNC1)Nc1c(F)cccc1F. The largest absolute Gasteiger partial charge is 0.321 e. The van der Waals surface area contributed by atoms with E-state index in [9.17, 15) is 13.6 Å². The molecule has 1 saturated heterocycles. The highest BCUT2D eigenvalue weighted by Gasteiger charge is 2.19. The first kappa shape index (κ1) is 12.0. The lowest BCUT2D eigenvalue weighted by Crippen LogP contribution is -2.19. The average Bonchev–Trinajstić information content (AvgIpc) is 2.76. The number of halogens is 2. The minimum absolute atomic E-state index is 0.254. The van der Waals surface area contributed by atoms with Crippen molar-refractivity contribution in [2.24, 2.45) is 5.92 Å². The van der Waals surface area contributed by atoms with Crippen molar-refractivity contribution in [1.29, 1.82) is 0 Å². The monoisotopic (exact) mass is 240 g/mol. The molecular weight excluding hydrogens is 226 g/mol. The molecule has 0 spiro atoms. The molecule has 1 atom stereocenters. The molecule has 1 aromatic carbocycles. The Morgan fingerprint density at radius 1 is 1.41 bits per heavy atom. The maximum Gasteiger partial charge on any atom is 0.224 e. The maximum absolute atomic E-state index is 13.3. The molecule has 3 nitrogen and oxygen atoms in total. The first-order valence-corrected chi connectivity index (χ1v) is 5.61. The summed E-state index contributed by atoms with van der Waals surface area (Å²) >= 11 is 0. The normalized spacial score (nSPS) is 19.3. The molecule has 0 radical (unpaired) electrons. The summed E-state index contributed by atoms with van der Waals surface area (Å²) in [6.45, 7) is 1.68. The van der Waals surface area contributed by atoms with E-state index in [4.69, 9.17) is 0 Å². The second-order valence-electron chi connectivity index (χ2n) is 4.21. The quantitative estimate of drug-likeness (QED) is 0.847. The fourth-order valence-corrected chi connectivity index (χ4v) is 1.96. The number of hydrogen-bond acceptors (Lipinski definition) is 2. The van der Waals surface area contributed by atoms with E-state index in [1.165, 1.54) is 6.07 Å². The highest BCUT2D eigenvalue weighted by Crippen LogP contribution is 2.19. The zero-order chi connectivity index (χ0) is 12.3. The summed E-state index contributed by atoms with van der Waals surface area (Å²) < 4.78 is 26.5. The van der Waals surface area contributed by atoms with Crippen LogP contribution in [-0.2, 0) is 4.79 Å². The van der Waals surface area contributed by atoms with E-state index in [0.29, 0.717) is 6.42 Å². The first-order valence-electron chi connectivity index (χ1n) is 5.61. The molecule has 1 amide bonds. The summed E-state index contributed by atoms with van der Waals surface area (Å²) in [5, 5.41) is 5.42. The zero-order valence-electron chi connectivity index (χ0n) is 9.30. The van der Waals surface area contributed by atoms with Gasteiger partial charge in [0.05, 0.1) is 0 Å². The van der Waals surface area contributed by atoms with Crippen LogP contribution in [-0.4, -0.2) is 19.0 Å². The Labute approximate surface area is 98.2 Å². The average molecular weight is 240 g/mol. The fraction of sp³-hybridized carbons (Fsp3) is 0.417. The summed E-state index contributed by atoms with van der Waals surface area (Å²) in [5.41, 5.74) is -0.358. The second-order valence-corrected chi connectivity index (χ2v) is 4.21. The van der Waals surface area contributed by atoms with E-state index in [1.54, 1.807) is 0 Å². The van der Waals surface area contributed by atoms with Crippen LogP contribution >= 0.6 is 0 Å². The van der Waals surface area contributed by atoms with Gasteiger partial charge in [0.15, 0.2) is 0 Å². The van der Waals surface area contributed by atoms with Gasteiger partial charge in [-0.15, -0.1) is 0 Å². The smallest absolute Gasteiger partial charge is 0.224 e. The number of benzene rings is 1. The lowest BCUT2D eigenvalue weighted by molar-refractivity contribution is -0.117. The highest BCUT2D eigenvalue weighted by atomic mass is 19.1. The summed E-state index contributed by atoms with van der Waals surface area (Å²) in [4.78, 5) is 11.6. The lowest BCUT2D eigenvalue weighted by atomic mass is 10.0. The van der Waals surface area contributed by atoms with Gasteiger partial charge < -0.3 is 10.6 Å². The molecule has 1 unspecified atom stereocenters. The standard InChI is InChI=1S/C12H14F2N2O/c13-9-2-1-3-10(14)12(9)16-11(17)6-8-4-5-15-7-8/h1-3,8,15H,4-7H2,(H,16,17). The molecule has 1 aliphatic rings. The van der Waals surface area contributed by atoms with Crippen molar-refractivity contribution in [3.8, 4) is 0 Å². The van der Waals surface area contributed by atoms with Gasteiger partial charge >= 0.3 is 0 Å². The van der Waals surface area contributed by atoms with E-state index >= 15 is 0 Å². The van der Waals surface area contributed by atoms with Crippen LogP contribution in [0.4, 0.5) is 14.5 Å². The highest BCUT2D eigenvalue weighted by molar-refractivity contribution is 5.91. The van der Waals surface area contributed by atoms with Gasteiger partial charge in [0.2, 0.25) is 5.91 Å². The van der Waals surface area contributed by atoms with E-state index < -0.39 is 11.6 Å². The maximum atomic E-state index is 13.3. The molecule has 92 valence electrons. The lowest BCUT2D eigenvalue weighted by Gasteiger charge is -2.10. The van der Waals surface area contributed by atoms with Crippen molar-refractivity contribution < 1.29 is 13.6 Å². The third kappa shape index (κ3) is 3.00. The molecule has 1 fully saturated rings. The molecule has 17 heavy (non-hydrogen) atoms. The van der Waals surface area contributed by atoms with Crippen LogP contribution in [0.3, 0.4) is 0 Å². The van der Waals surface area contributed by atoms with Crippen molar-refractivity contribution in [2.45, 2.75) is 12.8 Å². The topological polar surface area (TPSA) is 41.1 Å². The van der Waals surface area contributed by atoms with Crippen LogP contribution in [0.25, 0.3) is 0 Å². The predicted octanol–water partition coefficient (Wildman–Crippen LogP) is 1.90. The number of nitrogens with one attached hydrogen (secondary N) is 2. The molecule has 1 heterocycles. The van der Waals surface area contributed by atoms with Gasteiger partial charge in [-0.2, -0.15) is 0 Å². The zero-order valence-corrected chi connectivity index (χ0v) is 9.30. The van der Waals surface area contributed by atoms with Gasteiger partial charge in [0.25, 0.3) is 0 Å². The number of anilines is 1. The Morgan fingerprint density at radius 3 is 2.71 bits per heavy atom. The molecule has 0 aliphatic carbocycles. The van der Waals surface area contributed by atoms with Crippen LogP contribution in [0.1, 0.15) is 12.8 Å². The Morgan fingerprint density at radius 2 is 2.12 bits per heavy atom.